The molecule has 1 aromatic rings. The molecule has 0 radical (unpaired) electrons. The number of benzene rings is 1. The molecule has 0 amide bonds. The van der Waals surface area contributed by atoms with Gasteiger partial charge in [0.1, 0.15) is 0 Å². The van der Waals surface area contributed by atoms with Crippen molar-refractivity contribution < 1.29 is 17.3 Å². The molecule has 0 saturated carbocycles. The summed E-state index contributed by atoms with van der Waals surface area (Å²) < 4.78 is 32.1. The van der Waals surface area contributed by atoms with Crippen molar-refractivity contribution in [3.05, 3.63) is 43.0 Å². The number of hydrogen-bond donors (Lipinski definition) is 0. The van der Waals surface area contributed by atoms with Gasteiger partial charge in [-0.05, 0) is 26.0 Å². The van der Waals surface area contributed by atoms with Crippen molar-refractivity contribution in [3.8, 4) is 0 Å². The molecule has 0 aliphatic rings. The second-order valence-electron chi connectivity index (χ2n) is 3.12. The van der Waals surface area contributed by atoms with Gasteiger partial charge in [-0.3, -0.25) is 4.18 Å². The van der Waals surface area contributed by atoms with Crippen molar-refractivity contribution in [2.45, 2.75) is 18.7 Å². The lowest BCUT2D eigenvalue weighted by atomic mass is 10.4. The fourth-order valence-corrected chi connectivity index (χ4v) is 1.90. The monoisotopic (exact) mass is 272 g/mol. The molecule has 0 aromatic heterocycles. The van der Waals surface area contributed by atoms with Crippen molar-refractivity contribution in [2.75, 3.05) is 19.8 Å². The summed E-state index contributed by atoms with van der Waals surface area (Å²) in [6.07, 6.45) is 1.39. The summed E-state index contributed by atoms with van der Waals surface area (Å²) in [4.78, 5) is 0.164. The Bertz CT molecular complexity index is 410. The Balaban J connectivity index is 0.000000494. The summed E-state index contributed by atoms with van der Waals surface area (Å²) in [6.45, 7) is 9.03. The van der Waals surface area contributed by atoms with Gasteiger partial charge in [0.2, 0.25) is 0 Å². The molecule has 0 fully saturated rings. The molecule has 1 rings (SSSR count). The molecule has 102 valence electrons. The van der Waals surface area contributed by atoms with E-state index in [-0.39, 0.29) is 11.5 Å². The molecule has 18 heavy (non-hydrogen) atoms. The van der Waals surface area contributed by atoms with Crippen molar-refractivity contribution in [1.82, 2.24) is 0 Å². The largest absolute Gasteiger partial charge is 0.382 e. The third kappa shape index (κ3) is 7.21. The Kier molecular flexibility index (Phi) is 9.18. The van der Waals surface area contributed by atoms with E-state index in [2.05, 4.69) is 10.8 Å². The minimum atomic E-state index is -3.59. The van der Waals surface area contributed by atoms with Gasteiger partial charge in [0, 0.05) is 13.2 Å². The van der Waals surface area contributed by atoms with Crippen LogP contribution in [-0.2, 0) is 19.0 Å². The maximum atomic E-state index is 11.3. The highest BCUT2D eigenvalue weighted by atomic mass is 32.2. The molecule has 1 aromatic carbocycles. The second kappa shape index (κ2) is 9.82. The first kappa shape index (κ1) is 16.8. The quantitative estimate of drug-likeness (QED) is 0.590. The van der Waals surface area contributed by atoms with Crippen LogP contribution in [0.3, 0.4) is 0 Å². The van der Waals surface area contributed by atoms with E-state index in [1.54, 1.807) is 18.2 Å². The maximum Gasteiger partial charge on any atom is 0.297 e. The van der Waals surface area contributed by atoms with E-state index in [9.17, 15) is 8.42 Å². The summed E-state index contributed by atoms with van der Waals surface area (Å²) in [5.41, 5.74) is 0. The highest BCUT2D eigenvalue weighted by Crippen LogP contribution is 2.10. The average molecular weight is 272 g/mol. The zero-order valence-corrected chi connectivity index (χ0v) is 11.7. The van der Waals surface area contributed by atoms with Crippen LogP contribution in [0.5, 0.6) is 0 Å². The molecule has 0 N–H and O–H groups in total. The SMILES string of the molecule is C=CCOS(=O)(=O)c1ccccc1.CCOCC. The molecule has 4 nitrogen and oxygen atoms in total. The molecule has 0 atom stereocenters. The fourth-order valence-electron chi connectivity index (χ4n) is 0.997. The van der Waals surface area contributed by atoms with Gasteiger partial charge in [-0.1, -0.05) is 24.3 Å². The van der Waals surface area contributed by atoms with Crippen LogP contribution in [0.25, 0.3) is 0 Å². The molecular weight excluding hydrogens is 252 g/mol. The molecule has 5 heteroatoms. The van der Waals surface area contributed by atoms with Crippen molar-refractivity contribution in [3.63, 3.8) is 0 Å². The first-order valence-corrected chi connectivity index (χ1v) is 7.12. The van der Waals surface area contributed by atoms with Crippen LogP contribution < -0.4 is 0 Å². The number of ether oxygens (including phenoxy) is 1. The summed E-state index contributed by atoms with van der Waals surface area (Å²) in [7, 11) is -3.59. The minimum Gasteiger partial charge on any atom is -0.382 e. The standard InChI is InChI=1S/C9H10O3S.C4H10O/c1-2-8-12-13(10,11)9-6-4-3-5-7-9;1-3-5-4-2/h2-7H,1,8H2;3-4H2,1-2H3. The molecule has 0 spiro atoms. The van der Waals surface area contributed by atoms with E-state index in [0.29, 0.717) is 0 Å². The molecule has 0 unspecified atom stereocenters. The van der Waals surface area contributed by atoms with E-state index in [1.807, 2.05) is 13.8 Å². The van der Waals surface area contributed by atoms with Gasteiger partial charge < -0.3 is 4.74 Å². The van der Waals surface area contributed by atoms with E-state index in [0.717, 1.165) is 13.2 Å². The highest BCUT2D eigenvalue weighted by molar-refractivity contribution is 7.86. The Morgan fingerprint density at radius 2 is 1.72 bits per heavy atom. The normalized spacial score (nSPS) is 10.3. The molecule has 0 aliphatic carbocycles. The molecule has 0 aliphatic heterocycles. The Morgan fingerprint density at radius 3 is 2.11 bits per heavy atom. The van der Waals surface area contributed by atoms with Gasteiger partial charge in [0.05, 0.1) is 11.5 Å². The van der Waals surface area contributed by atoms with Crippen LogP contribution in [0, 0.1) is 0 Å². The van der Waals surface area contributed by atoms with Crippen molar-refractivity contribution in [2.24, 2.45) is 0 Å². The lowest BCUT2D eigenvalue weighted by Crippen LogP contribution is -2.05. The lowest BCUT2D eigenvalue weighted by Gasteiger charge is -2.01. The van der Waals surface area contributed by atoms with Crippen LogP contribution in [0.15, 0.2) is 47.9 Å². The summed E-state index contributed by atoms with van der Waals surface area (Å²) in [5, 5.41) is 0. The Morgan fingerprint density at radius 1 is 1.17 bits per heavy atom. The predicted molar refractivity (Wildman–Crippen MR) is 71.9 cm³/mol. The van der Waals surface area contributed by atoms with E-state index >= 15 is 0 Å². The van der Waals surface area contributed by atoms with Gasteiger partial charge in [0.25, 0.3) is 10.1 Å². The molecular formula is C13H20O4S. The van der Waals surface area contributed by atoms with Crippen LogP contribution in [0.4, 0.5) is 0 Å². The fraction of sp³-hybridized carbons (Fsp3) is 0.385. The van der Waals surface area contributed by atoms with Crippen molar-refractivity contribution >= 4 is 10.1 Å². The van der Waals surface area contributed by atoms with Crippen LogP contribution in [-0.4, -0.2) is 28.2 Å². The van der Waals surface area contributed by atoms with Gasteiger partial charge >= 0.3 is 0 Å². The molecule has 0 heterocycles. The summed E-state index contributed by atoms with van der Waals surface area (Å²) >= 11 is 0. The minimum absolute atomic E-state index is 0.00275. The smallest absolute Gasteiger partial charge is 0.297 e. The average Bonchev–Trinajstić information content (AvgIpc) is 2.39. The summed E-state index contributed by atoms with van der Waals surface area (Å²) in [5.74, 6) is 0. The van der Waals surface area contributed by atoms with Crippen molar-refractivity contribution in [1.29, 1.82) is 0 Å². The zero-order chi connectivity index (χ0) is 13.9. The number of hydrogen-bond acceptors (Lipinski definition) is 4. The van der Waals surface area contributed by atoms with Gasteiger partial charge in [0.15, 0.2) is 0 Å². The van der Waals surface area contributed by atoms with Gasteiger partial charge in [-0.2, -0.15) is 8.42 Å². The second-order valence-corrected chi connectivity index (χ2v) is 4.74. The topological polar surface area (TPSA) is 52.6 Å². The third-order valence-corrected chi connectivity index (χ3v) is 3.08. The summed E-state index contributed by atoms with van der Waals surface area (Å²) in [6, 6.07) is 8.00. The van der Waals surface area contributed by atoms with E-state index in [1.165, 1.54) is 18.2 Å². The first-order chi connectivity index (χ1) is 8.58. The molecule has 0 bridgehead atoms. The van der Waals surface area contributed by atoms with Crippen LogP contribution in [0.2, 0.25) is 0 Å². The Hall–Kier alpha value is -1.17. The maximum absolute atomic E-state index is 11.3. The van der Waals surface area contributed by atoms with E-state index < -0.39 is 10.1 Å². The zero-order valence-electron chi connectivity index (χ0n) is 10.8. The first-order valence-electron chi connectivity index (χ1n) is 5.71. The van der Waals surface area contributed by atoms with Crippen LogP contribution >= 0.6 is 0 Å². The molecule has 0 saturated heterocycles. The number of rotatable bonds is 6. The predicted octanol–water partition coefficient (Wildman–Crippen LogP) is 2.62. The third-order valence-electron chi connectivity index (χ3n) is 1.78. The highest BCUT2D eigenvalue weighted by Gasteiger charge is 2.12. The lowest BCUT2D eigenvalue weighted by molar-refractivity contribution is 0.162. The van der Waals surface area contributed by atoms with Crippen LogP contribution in [0.1, 0.15) is 13.8 Å². The van der Waals surface area contributed by atoms with E-state index in [4.69, 9.17) is 4.74 Å². The van der Waals surface area contributed by atoms with Gasteiger partial charge in [-0.15, -0.1) is 6.58 Å². The Labute approximate surface area is 109 Å². The van der Waals surface area contributed by atoms with Gasteiger partial charge in [-0.25, -0.2) is 0 Å².